The molecule has 0 saturated heterocycles. The van der Waals surface area contributed by atoms with Crippen molar-refractivity contribution in [3.05, 3.63) is 42.7 Å². The standard InChI is InChI=1S/C14H15N3O3S/c1-20-12-5-3-2-4-11(12)17-14(18)9-21(19)13-6-7-16-8-10(13)15/h2-8H,9,15H2,1H3,(H,17,18). The Bertz CT molecular complexity index is 676. The van der Waals surface area contributed by atoms with E-state index in [1.54, 1.807) is 30.3 Å². The highest BCUT2D eigenvalue weighted by atomic mass is 32.2. The van der Waals surface area contributed by atoms with Crippen LogP contribution in [0.2, 0.25) is 0 Å². The molecule has 1 aromatic heterocycles. The Hall–Kier alpha value is -2.41. The highest BCUT2D eigenvalue weighted by Crippen LogP contribution is 2.23. The Kier molecular flexibility index (Phi) is 4.89. The second-order valence-corrected chi connectivity index (χ2v) is 5.57. The first-order chi connectivity index (χ1) is 10.1. The van der Waals surface area contributed by atoms with E-state index in [4.69, 9.17) is 10.5 Å². The molecule has 1 unspecified atom stereocenters. The number of anilines is 2. The fourth-order valence-electron chi connectivity index (χ4n) is 1.73. The molecule has 0 aliphatic carbocycles. The number of nitrogen functional groups attached to an aromatic ring is 1. The maximum atomic E-state index is 12.1. The first-order valence-corrected chi connectivity index (χ1v) is 7.44. The van der Waals surface area contributed by atoms with Crippen molar-refractivity contribution >= 4 is 28.1 Å². The number of nitrogens with zero attached hydrogens (tertiary/aromatic N) is 1. The minimum absolute atomic E-state index is 0.188. The highest BCUT2D eigenvalue weighted by molar-refractivity contribution is 7.86. The van der Waals surface area contributed by atoms with Crippen LogP contribution in [0.1, 0.15) is 0 Å². The number of benzene rings is 1. The number of nitrogens with two attached hydrogens (primary N) is 1. The normalized spacial score (nSPS) is 11.7. The van der Waals surface area contributed by atoms with Crippen LogP contribution in [-0.4, -0.2) is 28.0 Å². The van der Waals surface area contributed by atoms with Gasteiger partial charge in [0.2, 0.25) is 5.91 Å². The Balaban J connectivity index is 2.05. The van der Waals surface area contributed by atoms with Gasteiger partial charge in [-0.3, -0.25) is 14.0 Å². The second kappa shape index (κ2) is 6.85. The molecule has 0 fully saturated rings. The fraction of sp³-hybridized carbons (Fsp3) is 0.143. The summed E-state index contributed by atoms with van der Waals surface area (Å²) in [6.45, 7) is 0. The third-order valence-corrected chi connectivity index (χ3v) is 4.09. The van der Waals surface area contributed by atoms with Crippen molar-refractivity contribution in [1.82, 2.24) is 4.98 Å². The largest absolute Gasteiger partial charge is 0.495 e. The molecule has 3 N–H and O–H groups in total. The van der Waals surface area contributed by atoms with Crippen LogP contribution in [-0.2, 0) is 15.6 Å². The van der Waals surface area contributed by atoms with Gasteiger partial charge in [0.05, 0.1) is 40.4 Å². The van der Waals surface area contributed by atoms with E-state index in [0.29, 0.717) is 22.0 Å². The summed E-state index contributed by atoms with van der Waals surface area (Å²) in [4.78, 5) is 16.2. The van der Waals surface area contributed by atoms with Gasteiger partial charge in [-0.1, -0.05) is 12.1 Å². The molecule has 1 amide bonds. The van der Waals surface area contributed by atoms with Gasteiger partial charge < -0.3 is 15.8 Å². The van der Waals surface area contributed by atoms with E-state index in [2.05, 4.69) is 10.3 Å². The number of carbonyl (C=O) groups is 1. The zero-order valence-electron chi connectivity index (χ0n) is 11.4. The van der Waals surface area contributed by atoms with Crippen LogP contribution in [0.4, 0.5) is 11.4 Å². The van der Waals surface area contributed by atoms with Crippen LogP contribution in [0.25, 0.3) is 0 Å². The van der Waals surface area contributed by atoms with Crippen LogP contribution < -0.4 is 15.8 Å². The molecule has 21 heavy (non-hydrogen) atoms. The number of ether oxygens (including phenoxy) is 1. The fourth-order valence-corrected chi connectivity index (χ4v) is 2.73. The van der Waals surface area contributed by atoms with E-state index in [1.807, 2.05) is 0 Å². The lowest BCUT2D eigenvalue weighted by Crippen LogP contribution is -2.20. The lowest BCUT2D eigenvalue weighted by molar-refractivity contribution is -0.113. The molecule has 6 nitrogen and oxygen atoms in total. The van der Waals surface area contributed by atoms with Crippen molar-refractivity contribution in [1.29, 1.82) is 0 Å². The quantitative estimate of drug-likeness (QED) is 0.871. The summed E-state index contributed by atoms with van der Waals surface area (Å²) >= 11 is 0. The van der Waals surface area contributed by atoms with Gasteiger partial charge in [0.25, 0.3) is 0 Å². The number of aromatic nitrogens is 1. The number of methoxy groups -OCH3 is 1. The summed E-state index contributed by atoms with van der Waals surface area (Å²) in [5.74, 6) is -0.0270. The number of pyridine rings is 1. The van der Waals surface area contributed by atoms with E-state index in [-0.39, 0.29) is 11.7 Å². The van der Waals surface area contributed by atoms with Crippen molar-refractivity contribution < 1.29 is 13.7 Å². The van der Waals surface area contributed by atoms with Gasteiger partial charge >= 0.3 is 0 Å². The first-order valence-electron chi connectivity index (χ1n) is 6.12. The number of amides is 1. The summed E-state index contributed by atoms with van der Waals surface area (Å²) < 4.78 is 17.3. The van der Waals surface area contributed by atoms with E-state index in [0.717, 1.165) is 0 Å². The summed E-state index contributed by atoms with van der Waals surface area (Å²) in [5, 5.41) is 2.67. The van der Waals surface area contributed by atoms with Crippen molar-refractivity contribution in [2.75, 3.05) is 23.9 Å². The SMILES string of the molecule is COc1ccccc1NC(=O)CS(=O)c1ccncc1N. The number of carbonyl (C=O) groups excluding carboxylic acids is 1. The van der Waals surface area contributed by atoms with Gasteiger partial charge in [0, 0.05) is 6.20 Å². The maximum absolute atomic E-state index is 12.1. The molecule has 1 heterocycles. The molecule has 110 valence electrons. The zero-order chi connectivity index (χ0) is 15.2. The van der Waals surface area contributed by atoms with E-state index in [9.17, 15) is 9.00 Å². The number of hydrogen-bond acceptors (Lipinski definition) is 5. The van der Waals surface area contributed by atoms with Crippen LogP contribution in [0, 0.1) is 0 Å². The topological polar surface area (TPSA) is 94.3 Å². The van der Waals surface area contributed by atoms with Crippen molar-refractivity contribution in [2.45, 2.75) is 4.90 Å². The predicted octanol–water partition coefficient (Wildman–Crippen LogP) is 1.42. The highest BCUT2D eigenvalue weighted by Gasteiger charge is 2.14. The molecule has 2 aromatic rings. The number of hydrogen-bond donors (Lipinski definition) is 2. The lowest BCUT2D eigenvalue weighted by Gasteiger charge is -2.10. The molecule has 0 saturated carbocycles. The van der Waals surface area contributed by atoms with E-state index < -0.39 is 10.8 Å². The molecule has 0 bridgehead atoms. The van der Waals surface area contributed by atoms with E-state index in [1.165, 1.54) is 19.5 Å². The minimum Gasteiger partial charge on any atom is -0.495 e. The number of para-hydroxylation sites is 2. The molecule has 0 radical (unpaired) electrons. The lowest BCUT2D eigenvalue weighted by atomic mass is 10.3. The van der Waals surface area contributed by atoms with Crippen LogP contribution >= 0.6 is 0 Å². The third kappa shape index (κ3) is 3.79. The Morgan fingerprint density at radius 1 is 1.38 bits per heavy atom. The summed E-state index contributed by atoms with van der Waals surface area (Å²) in [5.41, 5.74) is 6.53. The third-order valence-electron chi connectivity index (χ3n) is 2.70. The van der Waals surface area contributed by atoms with Crippen LogP contribution in [0.15, 0.2) is 47.6 Å². The van der Waals surface area contributed by atoms with Gasteiger partial charge in [-0.15, -0.1) is 0 Å². The molecular formula is C14H15N3O3S. The molecule has 0 spiro atoms. The summed E-state index contributed by atoms with van der Waals surface area (Å²) in [6, 6.07) is 8.55. The Labute approximate surface area is 124 Å². The minimum atomic E-state index is -1.53. The molecule has 0 aliphatic heterocycles. The first kappa shape index (κ1) is 15.0. The summed E-state index contributed by atoms with van der Waals surface area (Å²) in [7, 11) is -0.0105. The van der Waals surface area contributed by atoms with Gasteiger partial charge in [-0.05, 0) is 18.2 Å². The average molecular weight is 305 g/mol. The predicted molar refractivity (Wildman–Crippen MR) is 81.5 cm³/mol. The van der Waals surface area contributed by atoms with Gasteiger partial charge in [0.15, 0.2) is 0 Å². The number of nitrogens with one attached hydrogen (secondary N) is 1. The number of rotatable bonds is 5. The van der Waals surface area contributed by atoms with Crippen molar-refractivity contribution in [3.63, 3.8) is 0 Å². The molecule has 1 aromatic carbocycles. The molecular weight excluding hydrogens is 290 g/mol. The smallest absolute Gasteiger partial charge is 0.237 e. The van der Waals surface area contributed by atoms with E-state index >= 15 is 0 Å². The second-order valence-electron chi connectivity index (χ2n) is 4.15. The molecule has 1 atom stereocenters. The maximum Gasteiger partial charge on any atom is 0.237 e. The van der Waals surface area contributed by atoms with Crippen LogP contribution in [0.5, 0.6) is 5.75 Å². The van der Waals surface area contributed by atoms with Gasteiger partial charge in [-0.2, -0.15) is 0 Å². The zero-order valence-corrected chi connectivity index (χ0v) is 12.2. The Morgan fingerprint density at radius 3 is 2.86 bits per heavy atom. The summed E-state index contributed by atoms with van der Waals surface area (Å²) in [6.07, 6.45) is 2.90. The van der Waals surface area contributed by atoms with Gasteiger partial charge in [0.1, 0.15) is 11.5 Å². The molecule has 0 aliphatic rings. The van der Waals surface area contributed by atoms with Crippen molar-refractivity contribution in [3.8, 4) is 5.75 Å². The Morgan fingerprint density at radius 2 is 2.14 bits per heavy atom. The van der Waals surface area contributed by atoms with Gasteiger partial charge in [-0.25, -0.2) is 0 Å². The average Bonchev–Trinajstić information content (AvgIpc) is 2.48. The van der Waals surface area contributed by atoms with Crippen molar-refractivity contribution in [2.24, 2.45) is 0 Å². The monoisotopic (exact) mass is 305 g/mol. The molecule has 7 heteroatoms. The molecule has 2 rings (SSSR count). The van der Waals surface area contributed by atoms with Crippen LogP contribution in [0.3, 0.4) is 0 Å².